The van der Waals surface area contributed by atoms with E-state index in [9.17, 15) is 8.78 Å². The van der Waals surface area contributed by atoms with Gasteiger partial charge in [-0.05, 0) is 12.8 Å². The van der Waals surface area contributed by atoms with Crippen LogP contribution >= 0.6 is 0 Å². The van der Waals surface area contributed by atoms with Crippen molar-refractivity contribution in [3.8, 4) is 17.2 Å². The van der Waals surface area contributed by atoms with Crippen LogP contribution in [0.25, 0.3) is 0 Å². The fourth-order valence-corrected chi connectivity index (χ4v) is 1.98. The van der Waals surface area contributed by atoms with E-state index in [0.717, 1.165) is 0 Å². The van der Waals surface area contributed by atoms with Gasteiger partial charge in [0.05, 0.1) is 21.3 Å². The number of methoxy groups -OCH3 is 3. The lowest BCUT2D eigenvalue weighted by Gasteiger charge is -2.22. The Morgan fingerprint density at radius 3 is 1.83 bits per heavy atom. The molecule has 0 amide bonds. The first-order valence-electron chi connectivity index (χ1n) is 5.72. The molecule has 0 spiro atoms. The second kappa shape index (κ2) is 4.63. The molecular formula is C13H16F2O3. The second-order valence-corrected chi connectivity index (χ2v) is 4.30. The molecule has 1 aliphatic rings. The predicted molar refractivity (Wildman–Crippen MR) is 62.7 cm³/mol. The number of hydrogen-bond donors (Lipinski definition) is 0. The Balaban J connectivity index is 2.55. The van der Waals surface area contributed by atoms with Gasteiger partial charge in [-0.25, -0.2) is 8.78 Å². The van der Waals surface area contributed by atoms with Crippen molar-refractivity contribution in [2.24, 2.45) is 5.92 Å². The van der Waals surface area contributed by atoms with Crippen molar-refractivity contribution in [1.82, 2.24) is 0 Å². The third kappa shape index (κ3) is 2.09. The molecule has 0 atom stereocenters. The van der Waals surface area contributed by atoms with Gasteiger partial charge < -0.3 is 14.2 Å². The summed E-state index contributed by atoms with van der Waals surface area (Å²) in [5.41, 5.74) is -0.184. The molecule has 0 radical (unpaired) electrons. The van der Waals surface area contributed by atoms with Gasteiger partial charge in [-0.2, -0.15) is 0 Å². The van der Waals surface area contributed by atoms with Crippen LogP contribution in [0.5, 0.6) is 17.2 Å². The zero-order valence-electron chi connectivity index (χ0n) is 10.6. The van der Waals surface area contributed by atoms with Gasteiger partial charge in [0.25, 0.3) is 5.92 Å². The van der Waals surface area contributed by atoms with Crippen LogP contribution < -0.4 is 14.2 Å². The average molecular weight is 258 g/mol. The zero-order valence-corrected chi connectivity index (χ0v) is 10.6. The molecular weight excluding hydrogens is 242 g/mol. The van der Waals surface area contributed by atoms with E-state index < -0.39 is 11.8 Å². The molecule has 0 heterocycles. The zero-order chi connectivity index (χ0) is 13.3. The van der Waals surface area contributed by atoms with E-state index in [2.05, 4.69) is 0 Å². The van der Waals surface area contributed by atoms with Gasteiger partial charge >= 0.3 is 0 Å². The molecule has 1 aromatic rings. The van der Waals surface area contributed by atoms with Crippen molar-refractivity contribution in [2.75, 3.05) is 21.3 Å². The molecule has 100 valence electrons. The maximum Gasteiger partial charge on any atom is 0.283 e. The Morgan fingerprint density at radius 1 is 1.00 bits per heavy atom. The standard InChI is InChI=1S/C13H16F2O3/c1-16-9-6-10(17-2)12(11(7-9)18-3)13(14,15)8-4-5-8/h6-8H,4-5H2,1-3H3. The smallest absolute Gasteiger partial charge is 0.283 e. The van der Waals surface area contributed by atoms with Crippen LogP contribution in [0.3, 0.4) is 0 Å². The Bertz CT molecular complexity index is 417. The first-order valence-corrected chi connectivity index (χ1v) is 5.72. The van der Waals surface area contributed by atoms with Gasteiger partial charge in [-0.3, -0.25) is 0 Å². The molecule has 0 saturated heterocycles. The molecule has 3 nitrogen and oxygen atoms in total. The normalized spacial score (nSPS) is 15.4. The van der Waals surface area contributed by atoms with Gasteiger partial charge in [0, 0.05) is 18.1 Å². The summed E-state index contributed by atoms with van der Waals surface area (Å²) < 4.78 is 43.7. The van der Waals surface area contributed by atoms with Crippen molar-refractivity contribution < 1.29 is 23.0 Å². The number of benzene rings is 1. The fourth-order valence-electron chi connectivity index (χ4n) is 1.98. The number of halogens is 2. The molecule has 1 fully saturated rings. The predicted octanol–water partition coefficient (Wildman–Crippen LogP) is 3.21. The molecule has 1 aromatic carbocycles. The van der Waals surface area contributed by atoms with Crippen molar-refractivity contribution in [3.05, 3.63) is 17.7 Å². The third-order valence-electron chi connectivity index (χ3n) is 3.14. The lowest BCUT2D eigenvalue weighted by molar-refractivity contribution is -0.0324. The topological polar surface area (TPSA) is 27.7 Å². The molecule has 0 bridgehead atoms. The molecule has 18 heavy (non-hydrogen) atoms. The van der Waals surface area contributed by atoms with Gasteiger partial charge in [0.1, 0.15) is 22.8 Å². The van der Waals surface area contributed by atoms with E-state index in [1.165, 1.54) is 33.5 Å². The Kier molecular flexibility index (Phi) is 3.32. The monoisotopic (exact) mass is 258 g/mol. The van der Waals surface area contributed by atoms with Crippen molar-refractivity contribution in [1.29, 1.82) is 0 Å². The summed E-state index contributed by atoms with van der Waals surface area (Å²) in [5, 5.41) is 0. The lowest BCUT2D eigenvalue weighted by atomic mass is 10.0. The number of alkyl halides is 2. The van der Waals surface area contributed by atoms with E-state index in [1.54, 1.807) is 0 Å². The van der Waals surface area contributed by atoms with Gasteiger partial charge in [0.15, 0.2) is 0 Å². The van der Waals surface area contributed by atoms with Gasteiger partial charge in [-0.15, -0.1) is 0 Å². The summed E-state index contributed by atoms with van der Waals surface area (Å²) in [5.74, 6) is -2.91. The van der Waals surface area contributed by atoms with Crippen LogP contribution in [-0.2, 0) is 5.92 Å². The molecule has 0 unspecified atom stereocenters. The van der Waals surface area contributed by atoms with Crippen LogP contribution in [0, 0.1) is 5.92 Å². The molecule has 0 aliphatic heterocycles. The quantitative estimate of drug-likeness (QED) is 0.811. The Labute approximate surface area is 105 Å². The highest BCUT2D eigenvalue weighted by Gasteiger charge is 2.51. The minimum Gasteiger partial charge on any atom is -0.496 e. The number of hydrogen-bond acceptors (Lipinski definition) is 3. The highest BCUT2D eigenvalue weighted by atomic mass is 19.3. The fraction of sp³-hybridized carbons (Fsp3) is 0.538. The SMILES string of the molecule is COc1cc(OC)c(C(F)(F)C2CC2)c(OC)c1. The average Bonchev–Trinajstić information content (AvgIpc) is 3.21. The van der Waals surface area contributed by atoms with E-state index >= 15 is 0 Å². The largest absolute Gasteiger partial charge is 0.496 e. The molecule has 0 N–H and O–H groups in total. The minimum atomic E-state index is -2.93. The van der Waals surface area contributed by atoms with Crippen molar-refractivity contribution in [3.63, 3.8) is 0 Å². The summed E-state index contributed by atoms with van der Waals surface area (Å²) in [7, 11) is 4.19. The first-order chi connectivity index (χ1) is 8.54. The Hall–Kier alpha value is -1.52. The minimum absolute atomic E-state index is 0.100. The van der Waals surface area contributed by atoms with Crippen molar-refractivity contribution in [2.45, 2.75) is 18.8 Å². The molecule has 1 saturated carbocycles. The lowest BCUT2D eigenvalue weighted by Crippen LogP contribution is -2.18. The molecule has 1 aliphatic carbocycles. The summed E-state index contributed by atoms with van der Waals surface area (Å²) in [6.07, 6.45) is 1.07. The second-order valence-electron chi connectivity index (χ2n) is 4.30. The maximum absolute atomic E-state index is 14.3. The van der Waals surface area contributed by atoms with Crippen LogP contribution in [0.1, 0.15) is 18.4 Å². The summed E-state index contributed by atoms with van der Waals surface area (Å²) in [6, 6.07) is 2.91. The highest BCUT2D eigenvalue weighted by molar-refractivity contribution is 5.53. The van der Waals surface area contributed by atoms with Crippen LogP contribution in [0.4, 0.5) is 8.78 Å². The van der Waals surface area contributed by atoms with Gasteiger partial charge in [-0.1, -0.05) is 0 Å². The molecule has 0 aromatic heterocycles. The maximum atomic E-state index is 14.3. The van der Waals surface area contributed by atoms with Crippen LogP contribution in [-0.4, -0.2) is 21.3 Å². The summed E-state index contributed by atoms with van der Waals surface area (Å²) >= 11 is 0. The molecule has 5 heteroatoms. The Morgan fingerprint density at radius 2 is 1.50 bits per heavy atom. The number of ether oxygens (including phenoxy) is 3. The third-order valence-corrected chi connectivity index (χ3v) is 3.14. The first kappa shape index (κ1) is 12.9. The highest BCUT2D eigenvalue weighted by Crippen LogP contribution is 2.55. The molecule has 2 rings (SSSR count). The van der Waals surface area contributed by atoms with E-state index in [1.807, 2.05) is 0 Å². The van der Waals surface area contributed by atoms with Gasteiger partial charge in [0.2, 0.25) is 0 Å². The summed E-state index contributed by atoms with van der Waals surface area (Å²) in [4.78, 5) is 0. The summed E-state index contributed by atoms with van der Waals surface area (Å²) in [6.45, 7) is 0. The van der Waals surface area contributed by atoms with E-state index in [-0.39, 0.29) is 17.1 Å². The number of rotatable bonds is 5. The van der Waals surface area contributed by atoms with Crippen LogP contribution in [0.15, 0.2) is 12.1 Å². The van der Waals surface area contributed by atoms with Crippen LogP contribution in [0.2, 0.25) is 0 Å². The van der Waals surface area contributed by atoms with E-state index in [0.29, 0.717) is 18.6 Å². The van der Waals surface area contributed by atoms with E-state index in [4.69, 9.17) is 14.2 Å². The van der Waals surface area contributed by atoms with Crippen molar-refractivity contribution >= 4 is 0 Å².